The molecule has 3 rings (SSSR count). The number of benzene rings is 1. The van der Waals surface area contributed by atoms with Crippen LogP contribution >= 0.6 is 0 Å². The predicted octanol–water partition coefficient (Wildman–Crippen LogP) is 2.38. The molecule has 2 fully saturated rings. The zero-order chi connectivity index (χ0) is 13.8. The summed E-state index contributed by atoms with van der Waals surface area (Å²) in [4.78, 5) is 14.5. The molecule has 0 N–H and O–H groups in total. The van der Waals surface area contributed by atoms with E-state index in [0.717, 1.165) is 38.0 Å². The second kappa shape index (κ2) is 6.37. The fourth-order valence-electron chi connectivity index (χ4n) is 2.87. The van der Waals surface area contributed by atoms with Crippen LogP contribution in [-0.4, -0.2) is 37.9 Å². The topological polar surface area (TPSA) is 38.8 Å². The zero-order valence-corrected chi connectivity index (χ0v) is 11.7. The van der Waals surface area contributed by atoms with Gasteiger partial charge in [0.05, 0.1) is 12.6 Å². The van der Waals surface area contributed by atoms with Gasteiger partial charge in [0.25, 0.3) is 5.91 Å². The Morgan fingerprint density at radius 3 is 2.50 bits per heavy atom. The van der Waals surface area contributed by atoms with Crippen molar-refractivity contribution < 1.29 is 14.3 Å². The fraction of sp³-hybridized carbons (Fsp3) is 0.562. The number of anilines is 1. The van der Waals surface area contributed by atoms with Gasteiger partial charge in [-0.05, 0) is 37.8 Å². The Labute approximate surface area is 119 Å². The fourth-order valence-corrected chi connectivity index (χ4v) is 2.87. The Morgan fingerprint density at radius 1 is 1.10 bits per heavy atom. The molecule has 1 aromatic rings. The molecule has 2 aliphatic rings. The van der Waals surface area contributed by atoms with E-state index >= 15 is 0 Å². The van der Waals surface area contributed by atoms with Gasteiger partial charge in [-0.1, -0.05) is 18.2 Å². The quantitative estimate of drug-likeness (QED) is 0.847. The van der Waals surface area contributed by atoms with Crippen molar-refractivity contribution in [3.8, 4) is 0 Å². The molecule has 108 valence electrons. The van der Waals surface area contributed by atoms with Gasteiger partial charge in [0.15, 0.2) is 0 Å². The van der Waals surface area contributed by atoms with Crippen molar-refractivity contribution in [3.05, 3.63) is 30.3 Å². The van der Waals surface area contributed by atoms with Gasteiger partial charge in [-0.15, -0.1) is 0 Å². The molecule has 2 heterocycles. The lowest BCUT2D eigenvalue weighted by Crippen LogP contribution is -2.43. The van der Waals surface area contributed by atoms with Crippen molar-refractivity contribution in [2.75, 3.05) is 24.7 Å². The molecular weight excluding hydrogens is 254 g/mol. The average Bonchev–Trinajstić information content (AvgIpc) is 3.18. The Hall–Kier alpha value is -1.39. The maximum Gasteiger partial charge on any atom is 0.256 e. The molecule has 4 heteroatoms. The molecule has 0 saturated carbocycles. The Morgan fingerprint density at radius 2 is 1.85 bits per heavy atom. The third kappa shape index (κ3) is 3.02. The van der Waals surface area contributed by atoms with Crippen LogP contribution in [0.4, 0.5) is 5.69 Å². The molecule has 1 aromatic carbocycles. The molecular formula is C16H21NO3. The van der Waals surface area contributed by atoms with E-state index in [9.17, 15) is 4.79 Å². The Bertz CT molecular complexity index is 436. The molecule has 2 unspecified atom stereocenters. The van der Waals surface area contributed by atoms with Crippen molar-refractivity contribution in [2.24, 2.45) is 0 Å². The minimum absolute atomic E-state index is 0.0733. The van der Waals surface area contributed by atoms with Crippen molar-refractivity contribution in [3.63, 3.8) is 0 Å². The van der Waals surface area contributed by atoms with Crippen LogP contribution in [0.25, 0.3) is 0 Å². The summed E-state index contributed by atoms with van der Waals surface area (Å²) in [7, 11) is 0. The summed E-state index contributed by atoms with van der Waals surface area (Å²) in [6.45, 7) is 2.13. The van der Waals surface area contributed by atoms with Gasteiger partial charge in [0.1, 0.15) is 6.10 Å². The van der Waals surface area contributed by atoms with E-state index in [0.29, 0.717) is 13.2 Å². The van der Waals surface area contributed by atoms with E-state index in [1.165, 1.54) is 0 Å². The smallest absolute Gasteiger partial charge is 0.256 e. The maximum atomic E-state index is 12.7. The number of hydrogen-bond donors (Lipinski definition) is 0. The summed E-state index contributed by atoms with van der Waals surface area (Å²) in [5.74, 6) is 0.0733. The Balaban J connectivity index is 1.76. The lowest BCUT2D eigenvalue weighted by atomic mass is 10.1. The van der Waals surface area contributed by atoms with Crippen LogP contribution in [0.1, 0.15) is 25.7 Å². The molecule has 2 aliphatic heterocycles. The number of nitrogens with zero attached hydrogens (tertiary/aromatic N) is 1. The number of hydrogen-bond acceptors (Lipinski definition) is 3. The molecule has 20 heavy (non-hydrogen) atoms. The average molecular weight is 275 g/mol. The predicted molar refractivity (Wildman–Crippen MR) is 76.7 cm³/mol. The Kier molecular flexibility index (Phi) is 4.33. The number of ether oxygens (including phenoxy) is 2. The van der Waals surface area contributed by atoms with Crippen LogP contribution in [0, 0.1) is 0 Å². The molecule has 0 spiro atoms. The number of para-hydroxylation sites is 1. The first-order chi connectivity index (χ1) is 9.84. The molecule has 0 aliphatic carbocycles. The minimum Gasteiger partial charge on any atom is -0.376 e. The monoisotopic (exact) mass is 275 g/mol. The first-order valence-electron chi connectivity index (χ1n) is 7.44. The second-order valence-electron chi connectivity index (χ2n) is 5.42. The molecule has 1 amide bonds. The van der Waals surface area contributed by atoms with E-state index in [2.05, 4.69) is 0 Å². The largest absolute Gasteiger partial charge is 0.376 e. The summed E-state index contributed by atoms with van der Waals surface area (Å²) in [6.07, 6.45) is 3.79. The number of carbonyl (C=O) groups is 1. The van der Waals surface area contributed by atoms with E-state index in [-0.39, 0.29) is 18.1 Å². The summed E-state index contributed by atoms with van der Waals surface area (Å²) >= 11 is 0. The van der Waals surface area contributed by atoms with Crippen molar-refractivity contribution in [1.82, 2.24) is 0 Å². The van der Waals surface area contributed by atoms with Gasteiger partial charge in [0.2, 0.25) is 0 Å². The summed E-state index contributed by atoms with van der Waals surface area (Å²) in [6, 6.07) is 9.83. The second-order valence-corrected chi connectivity index (χ2v) is 5.42. The van der Waals surface area contributed by atoms with Gasteiger partial charge >= 0.3 is 0 Å². The van der Waals surface area contributed by atoms with Gasteiger partial charge < -0.3 is 14.4 Å². The highest BCUT2D eigenvalue weighted by Crippen LogP contribution is 2.23. The summed E-state index contributed by atoms with van der Waals surface area (Å²) in [5, 5.41) is 0. The van der Waals surface area contributed by atoms with Crippen LogP contribution in [-0.2, 0) is 14.3 Å². The number of carbonyl (C=O) groups excluding carboxylic acids is 1. The van der Waals surface area contributed by atoms with E-state index in [4.69, 9.17) is 9.47 Å². The zero-order valence-electron chi connectivity index (χ0n) is 11.7. The van der Waals surface area contributed by atoms with Gasteiger partial charge in [0, 0.05) is 18.9 Å². The van der Waals surface area contributed by atoms with Crippen LogP contribution in [0.15, 0.2) is 30.3 Å². The number of rotatable bonds is 4. The molecule has 0 bridgehead atoms. The first-order valence-corrected chi connectivity index (χ1v) is 7.44. The molecule has 2 saturated heterocycles. The van der Waals surface area contributed by atoms with Crippen molar-refractivity contribution in [2.45, 2.75) is 37.9 Å². The highest BCUT2D eigenvalue weighted by atomic mass is 16.5. The third-order valence-electron chi connectivity index (χ3n) is 3.95. The van der Waals surface area contributed by atoms with Gasteiger partial charge in [-0.25, -0.2) is 0 Å². The SMILES string of the molecule is O=C(C1CCCO1)N(CC1CCCO1)c1ccccc1. The van der Waals surface area contributed by atoms with Crippen molar-refractivity contribution >= 4 is 11.6 Å². The minimum atomic E-state index is -0.281. The van der Waals surface area contributed by atoms with E-state index in [1.807, 2.05) is 35.2 Å². The van der Waals surface area contributed by atoms with Crippen LogP contribution in [0.2, 0.25) is 0 Å². The summed E-state index contributed by atoms with van der Waals surface area (Å²) in [5.41, 5.74) is 0.934. The first kappa shape index (κ1) is 13.6. The van der Waals surface area contributed by atoms with Crippen LogP contribution in [0.5, 0.6) is 0 Å². The van der Waals surface area contributed by atoms with Crippen LogP contribution < -0.4 is 4.90 Å². The standard InChI is InChI=1S/C16H21NO3/c18-16(15-9-5-11-20-15)17(12-14-8-4-10-19-14)13-6-2-1-3-7-13/h1-3,6-7,14-15H,4-5,8-12H2. The highest BCUT2D eigenvalue weighted by molar-refractivity contribution is 5.96. The molecule has 4 nitrogen and oxygen atoms in total. The normalized spacial score (nSPS) is 25.8. The van der Waals surface area contributed by atoms with E-state index in [1.54, 1.807) is 0 Å². The van der Waals surface area contributed by atoms with E-state index < -0.39 is 0 Å². The molecule has 2 atom stereocenters. The summed E-state index contributed by atoms with van der Waals surface area (Å²) < 4.78 is 11.2. The lowest BCUT2D eigenvalue weighted by Gasteiger charge is -2.27. The highest BCUT2D eigenvalue weighted by Gasteiger charge is 2.31. The van der Waals surface area contributed by atoms with Crippen molar-refractivity contribution in [1.29, 1.82) is 0 Å². The third-order valence-corrected chi connectivity index (χ3v) is 3.95. The molecule has 0 radical (unpaired) electrons. The molecule has 0 aromatic heterocycles. The van der Waals surface area contributed by atoms with Gasteiger partial charge in [-0.2, -0.15) is 0 Å². The number of amides is 1. The van der Waals surface area contributed by atoms with Gasteiger partial charge in [-0.3, -0.25) is 4.79 Å². The van der Waals surface area contributed by atoms with Crippen LogP contribution in [0.3, 0.4) is 0 Å². The lowest BCUT2D eigenvalue weighted by molar-refractivity contribution is -0.127. The maximum absolute atomic E-state index is 12.7.